The largest absolute Gasteiger partial charge is 0.339 e. The minimum atomic E-state index is -0.291. The van der Waals surface area contributed by atoms with E-state index in [2.05, 4.69) is 0 Å². The van der Waals surface area contributed by atoms with Gasteiger partial charge in [0.25, 0.3) is 17.7 Å². The first-order valence-corrected chi connectivity index (χ1v) is 10.0. The van der Waals surface area contributed by atoms with E-state index in [1.165, 1.54) is 4.90 Å². The number of likely N-dealkylation sites (tertiary alicyclic amines) is 1. The number of piperidine rings is 1. The van der Waals surface area contributed by atoms with Gasteiger partial charge in [0.1, 0.15) is 0 Å². The van der Waals surface area contributed by atoms with E-state index in [0.717, 1.165) is 18.4 Å². The molecule has 0 radical (unpaired) electrons. The first kappa shape index (κ1) is 19.3. The Morgan fingerprint density at radius 2 is 1.66 bits per heavy atom. The highest BCUT2D eigenvalue weighted by Crippen LogP contribution is 2.25. The van der Waals surface area contributed by atoms with Gasteiger partial charge in [-0.3, -0.25) is 19.3 Å². The zero-order chi connectivity index (χ0) is 20.5. The summed E-state index contributed by atoms with van der Waals surface area (Å²) in [7, 11) is 0. The Balaban J connectivity index is 1.47. The topological polar surface area (TPSA) is 83.7 Å². The maximum Gasteiger partial charge on any atom is 0.261 e. The lowest BCUT2D eigenvalue weighted by molar-refractivity contribution is 0.0641. The molecule has 2 aliphatic rings. The molecule has 1 saturated heterocycles. The third-order valence-corrected chi connectivity index (χ3v) is 5.96. The van der Waals surface area contributed by atoms with Crippen LogP contribution < -0.4 is 5.73 Å². The van der Waals surface area contributed by atoms with Crippen molar-refractivity contribution < 1.29 is 14.4 Å². The smallest absolute Gasteiger partial charge is 0.261 e. The standard InChI is InChI=1S/C23H25N3O3/c1-15(24)17-9-11-25(12-10-17)21(27)18-6-4-5-16(13-18)14-26-22(28)19-7-2-3-8-20(19)23(26)29/h2-8,13,15,17H,9-12,14,24H2,1H3. The minimum Gasteiger partial charge on any atom is -0.339 e. The van der Waals surface area contributed by atoms with Crippen molar-refractivity contribution in [1.29, 1.82) is 0 Å². The second-order valence-electron chi connectivity index (χ2n) is 7.93. The number of nitrogens with zero attached hydrogens (tertiary/aromatic N) is 2. The fraction of sp³-hybridized carbons (Fsp3) is 0.348. The normalized spacial score (nSPS) is 18.1. The average molecular weight is 391 g/mol. The molecule has 150 valence electrons. The number of rotatable bonds is 4. The van der Waals surface area contributed by atoms with Gasteiger partial charge in [-0.15, -0.1) is 0 Å². The molecule has 1 fully saturated rings. The second kappa shape index (κ2) is 7.79. The monoisotopic (exact) mass is 391 g/mol. The van der Waals surface area contributed by atoms with Gasteiger partial charge in [0.2, 0.25) is 0 Å². The molecule has 0 bridgehead atoms. The summed E-state index contributed by atoms with van der Waals surface area (Å²) in [6.07, 6.45) is 1.83. The third-order valence-electron chi connectivity index (χ3n) is 5.96. The summed E-state index contributed by atoms with van der Waals surface area (Å²) in [5.41, 5.74) is 8.19. The number of imide groups is 1. The summed E-state index contributed by atoms with van der Waals surface area (Å²) >= 11 is 0. The number of nitrogens with two attached hydrogens (primary N) is 1. The van der Waals surface area contributed by atoms with Crippen LogP contribution in [0.4, 0.5) is 0 Å². The van der Waals surface area contributed by atoms with Gasteiger partial charge < -0.3 is 10.6 Å². The van der Waals surface area contributed by atoms with Gasteiger partial charge in [-0.05, 0) is 55.5 Å². The van der Waals surface area contributed by atoms with Crippen molar-refractivity contribution in [3.05, 3.63) is 70.8 Å². The quantitative estimate of drug-likeness (QED) is 0.812. The number of fused-ring (bicyclic) bond motifs is 1. The van der Waals surface area contributed by atoms with E-state index in [9.17, 15) is 14.4 Å². The summed E-state index contributed by atoms with van der Waals surface area (Å²) in [6.45, 7) is 3.58. The van der Waals surface area contributed by atoms with Crippen molar-refractivity contribution in [1.82, 2.24) is 9.80 Å². The zero-order valence-corrected chi connectivity index (χ0v) is 16.5. The van der Waals surface area contributed by atoms with Crippen molar-refractivity contribution >= 4 is 17.7 Å². The van der Waals surface area contributed by atoms with Gasteiger partial charge in [-0.1, -0.05) is 24.3 Å². The van der Waals surface area contributed by atoms with Crippen LogP contribution in [-0.4, -0.2) is 46.7 Å². The van der Waals surface area contributed by atoms with Crippen LogP contribution in [-0.2, 0) is 6.54 Å². The summed E-state index contributed by atoms with van der Waals surface area (Å²) in [5, 5.41) is 0. The van der Waals surface area contributed by atoms with Gasteiger partial charge in [-0.25, -0.2) is 0 Å². The van der Waals surface area contributed by atoms with E-state index >= 15 is 0 Å². The maximum atomic E-state index is 12.9. The van der Waals surface area contributed by atoms with Gasteiger partial charge in [0.05, 0.1) is 17.7 Å². The van der Waals surface area contributed by atoms with E-state index in [1.807, 2.05) is 17.9 Å². The predicted molar refractivity (Wildman–Crippen MR) is 109 cm³/mol. The van der Waals surface area contributed by atoms with Gasteiger partial charge in [0.15, 0.2) is 0 Å². The highest BCUT2D eigenvalue weighted by Gasteiger charge is 2.35. The SMILES string of the molecule is CC(N)C1CCN(C(=O)c2cccc(CN3C(=O)c4ccccc4C3=O)c2)CC1. The Labute approximate surface area is 170 Å². The zero-order valence-electron chi connectivity index (χ0n) is 16.5. The molecule has 0 saturated carbocycles. The van der Waals surface area contributed by atoms with Crippen molar-refractivity contribution in [2.24, 2.45) is 11.7 Å². The van der Waals surface area contributed by atoms with Crippen molar-refractivity contribution in [2.75, 3.05) is 13.1 Å². The van der Waals surface area contributed by atoms with E-state index < -0.39 is 0 Å². The molecule has 2 N–H and O–H groups in total. The van der Waals surface area contributed by atoms with E-state index in [1.54, 1.807) is 42.5 Å². The summed E-state index contributed by atoms with van der Waals surface area (Å²) in [4.78, 5) is 41.2. The van der Waals surface area contributed by atoms with Crippen LogP contribution in [0, 0.1) is 5.92 Å². The molecular formula is C23H25N3O3. The third kappa shape index (κ3) is 3.68. The fourth-order valence-electron chi connectivity index (χ4n) is 4.18. The van der Waals surface area contributed by atoms with Crippen LogP contribution >= 0.6 is 0 Å². The van der Waals surface area contributed by atoms with E-state index in [-0.39, 0.29) is 30.3 Å². The van der Waals surface area contributed by atoms with Crippen molar-refractivity contribution in [3.8, 4) is 0 Å². The number of carbonyl (C=O) groups excluding carboxylic acids is 3. The van der Waals surface area contributed by atoms with Crippen molar-refractivity contribution in [3.63, 3.8) is 0 Å². The van der Waals surface area contributed by atoms with Gasteiger partial charge >= 0.3 is 0 Å². The highest BCUT2D eigenvalue weighted by atomic mass is 16.2. The molecular weight excluding hydrogens is 366 g/mol. The Hall–Kier alpha value is -2.99. The molecule has 0 spiro atoms. The number of benzene rings is 2. The Bertz CT molecular complexity index is 926. The van der Waals surface area contributed by atoms with Crippen molar-refractivity contribution in [2.45, 2.75) is 32.4 Å². The molecule has 4 rings (SSSR count). The maximum absolute atomic E-state index is 12.9. The summed E-state index contributed by atoms with van der Waals surface area (Å²) in [6, 6.07) is 14.2. The molecule has 0 aromatic heterocycles. The number of amides is 3. The molecule has 29 heavy (non-hydrogen) atoms. The molecule has 0 aliphatic carbocycles. The molecule has 2 aliphatic heterocycles. The molecule has 6 nitrogen and oxygen atoms in total. The Morgan fingerprint density at radius 3 is 2.24 bits per heavy atom. The molecule has 2 aromatic rings. The first-order chi connectivity index (χ1) is 14.0. The van der Waals surface area contributed by atoms with E-state index in [4.69, 9.17) is 5.73 Å². The molecule has 6 heteroatoms. The molecule has 3 amide bonds. The second-order valence-corrected chi connectivity index (χ2v) is 7.93. The van der Waals surface area contributed by atoms with Crippen LogP contribution in [0.3, 0.4) is 0 Å². The fourth-order valence-corrected chi connectivity index (χ4v) is 4.18. The first-order valence-electron chi connectivity index (χ1n) is 10.0. The van der Waals surface area contributed by atoms with Crippen LogP contribution in [0.25, 0.3) is 0 Å². The van der Waals surface area contributed by atoms with Gasteiger partial charge in [-0.2, -0.15) is 0 Å². The Kier molecular flexibility index (Phi) is 5.20. The van der Waals surface area contributed by atoms with Crippen LogP contribution in [0.5, 0.6) is 0 Å². The highest BCUT2D eigenvalue weighted by molar-refractivity contribution is 6.21. The number of carbonyl (C=O) groups is 3. The predicted octanol–water partition coefficient (Wildman–Crippen LogP) is 2.68. The summed E-state index contributed by atoms with van der Waals surface area (Å²) in [5.74, 6) is -0.142. The lowest BCUT2D eigenvalue weighted by atomic mass is 9.90. The minimum absolute atomic E-state index is 0.0164. The van der Waals surface area contributed by atoms with E-state index in [0.29, 0.717) is 35.7 Å². The van der Waals surface area contributed by atoms with Crippen LogP contribution in [0.2, 0.25) is 0 Å². The average Bonchev–Trinajstić information content (AvgIpc) is 2.98. The Morgan fingerprint density at radius 1 is 1.03 bits per heavy atom. The lowest BCUT2D eigenvalue weighted by Gasteiger charge is -2.33. The molecule has 2 aromatic carbocycles. The molecule has 1 unspecified atom stereocenters. The molecule has 2 heterocycles. The number of hydrogen-bond donors (Lipinski definition) is 1. The number of hydrogen-bond acceptors (Lipinski definition) is 4. The molecule has 1 atom stereocenters. The van der Waals surface area contributed by atoms with Gasteiger partial charge in [0, 0.05) is 24.7 Å². The van der Waals surface area contributed by atoms with Crippen LogP contribution in [0.15, 0.2) is 48.5 Å². The van der Waals surface area contributed by atoms with Crippen LogP contribution in [0.1, 0.15) is 56.4 Å². The summed E-state index contributed by atoms with van der Waals surface area (Å²) < 4.78 is 0. The lowest BCUT2D eigenvalue weighted by Crippen LogP contribution is -2.42.